The highest BCUT2D eigenvalue weighted by Gasteiger charge is 2.80. The first kappa shape index (κ1) is 57.7. The van der Waals surface area contributed by atoms with Crippen LogP contribution < -0.4 is 20.8 Å². The van der Waals surface area contributed by atoms with Gasteiger partial charge >= 0.3 is 20.3 Å². The highest BCUT2D eigenvalue weighted by Crippen LogP contribution is 2.73. The fourth-order valence-corrected chi connectivity index (χ4v) is 16.2. The average molecular weight is 1150 g/mol. The van der Waals surface area contributed by atoms with Crippen LogP contribution in [0.4, 0.5) is 13.6 Å². The molecule has 7 aliphatic carbocycles. The van der Waals surface area contributed by atoms with Crippen molar-refractivity contribution >= 4 is 43.7 Å². The minimum atomic E-state index is -3.43. The van der Waals surface area contributed by atoms with Gasteiger partial charge in [0.2, 0.25) is 11.8 Å². The van der Waals surface area contributed by atoms with E-state index in [0.29, 0.717) is 11.5 Å². The molecule has 8 aliphatic rings. The molecule has 436 valence electrons. The number of rotatable bonds is 17. The van der Waals surface area contributed by atoms with E-state index in [2.05, 4.69) is 16.0 Å². The van der Waals surface area contributed by atoms with Gasteiger partial charge in [-0.2, -0.15) is 0 Å². The van der Waals surface area contributed by atoms with Crippen LogP contribution in [0.3, 0.4) is 0 Å². The molecule has 0 radical (unpaired) electrons. The maximum atomic E-state index is 18.0. The third-order valence-corrected chi connectivity index (χ3v) is 19.8. The summed E-state index contributed by atoms with van der Waals surface area (Å²) in [5.41, 5.74) is -2.16. The van der Waals surface area contributed by atoms with E-state index in [9.17, 15) is 43.3 Å². The molecule has 1 unspecified atom stereocenters. The number of halogens is 2. The molecule has 1 heterocycles. The van der Waals surface area contributed by atoms with Gasteiger partial charge in [-0.25, -0.2) is 13.6 Å². The van der Waals surface area contributed by atoms with Crippen LogP contribution >= 0.6 is 8.25 Å². The summed E-state index contributed by atoms with van der Waals surface area (Å²) in [6, 6.07) is 22.3. The topological polar surface area (TPSA) is 245 Å². The number of ketones is 2. The molecular formula is C62H70F2N3O14P. The number of carbonyl (C=O) groups excluding carboxylic acids is 6. The van der Waals surface area contributed by atoms with Gasteiger partial charge in [0, 0.05) is 40.7 Å². The molecular weight excluding hydrogens is 1080 g/mol. The Morgan fingerprint density at radius 2 is 1.59 bits per heavy atom. The second-order valence-corrected chi connectivity index (χ2v) is 26.3. The van der Waals surface area contributed by atoms with Crippen molar-refractivity contribution in [3.63, 3.8) is 0 Å². The lowest BCUT2D eigenvalue weighted by atomic mass is 9.44. The molecule has 20 heteroatoms. The van der Waals surface area contributed by atoms with Crippen molar-refractivity contribution in [3.05, 3.63) is 119 Å². The molecule has 6 fully saturated rings. The fourth-order valence-electron chi connectivity index (χ4n) is 16.0. The monoisotopic (exact) mass is 1150 g/mol. The van der Waals surface area contributed by atoms with E-state index in [1.165, 1.54) is 19.1 Å². The highest BCUT2D eigenvalue weighted by molar-refractivity contribution is 7.30. The Kier molecular flexibility index (Phi) is 15.2. The first-order valence-electron chi connectivity index (χ1n) is 28.4. The quantitative estimate of drug-likeness (QED) is 0.0747. The lowest BCUT2D eigenvalue weighted by Gasteiger charge is -2.63. The Hall–Kier alpha value is -6.08. The molecule has 82 heavy (non-hydrogen) atoms. The molecule has 12 atom stereocenters. The fraction of sp³-hybridized carbons (Fsp3) is 0.548. The number of fused-ring (bicyclic) bond motifs is 10. The van der Waals surface area contributed by atoms with Gasteiger partial charge in [-0.15, -0.1) is 4.52 Å². The lowest BCUT2D eigenvalue weighted by Crippen LogP contribution is -2.70. The van der Waals surface area contributed by atoms with Crippen LogP contribution in [-0.2, 0) is 58.4 Å². The SMILES string of the molecule is CC(C)(C)OC(=O)CC[C@H](NC(=O)CNC(=O)OCC1c2ccccc2-c2ccccc21)C(=O)NC1CC2(CC(Cc3ccc([C@@H]4O[C@@H]5C[C@H]6[C@@H]7C[C@H](F)C8=CC(=O)C=C[C@]8(C)[C@@]7(F)[C@@H](O)C[C@]6(C)[C@]5(C(=O)CO[P+](=O)[O-])O4)cc3)C2)C1. The van der Waals surface area contributed by atoms with Gasteiger partial charge in [0.25, 0.3) is 0 Å². The summed E-state index contributed by atoms with van der Waals surface area (Å²) in [4.78, 5) is 91.0. The van der Waals surface area contributed by atoms with Crippen LogP contribution in [0.15, 0.2) is 96.6 Å². The van der Waals surface area contributed by atoms with Crippen LogP contribution in [-0.4, -0.2) is 108 Å². The van der Waals surface area contributed by atoms with Crippen molar-refractivity contribution in [2.75, 3.05) is 19.8 Å². The maximum Gasteiger partial charge on any atom is 0.488 e. The number of ether oxygens (including phenoxy) is 4. The first-order valence-corrected chi connectivity index (χ1v) is 29.5. The molecule has 1 saturated heterocycles. The molecule has 0 bridgehead atoms. The molecule has 3 aromatic rings. The van der Waals surface area contributed by atoms with E-state index in [1.807, 2.05) is 72.8 Å². The molecule has 5 saturated carbocycles. The second kappa shape index (κ2) is 21.5. The van der Waals surface area contributed by atoms with Gasteiger partial charge in [-0.1, -0.05) is 85.8 Å². The van der Waals surface area contributed by atoms with Crippen molar-refractivity contribution in [2.24, 2.45) is 34.0 Å². The van der Waals surface area contributed by atoms with Gasteiger partial charge in [-0.05, 0) is 153 Å². The molecule has 17 nitrogen and oxygen atoms in total. The van der Waals surface area contributed by atoms with Crippen LogP contribution in [0.1, 0.15) is 127 Å². The maximum absolute atomic E-state index is 18.0. The zero-order chi connectivity index (χ0) is 58.3. The number of hydrogen-bond acceptors (Lipinski definition) is 14. The van der Waals surface area contributed by atoms with Crippen molar-refractivity contribution in [3.8, 4) is 11.1 Å². The Morgan fingerprint density at radius 3 is 2.24 bits per heavy atom. The number of amides is 3. The van der Waals surface area contributed by atoms with E-state index in [0.717, 1.165) is 66.0 Å². The van der Waals surface area contributed by atoms with Crippen LogP contribution in [0.5, 0.6) is 0 Å². The van der Waals surface area contributed by atoms with Gasteiger partial charge in [0.15, 0.2) is 35.7 Å². The van der Waals surface area contributed by atoms with Gasteiger partial charge < -0.3 is 44.9 Å². The van der Waals surface area contributed by atoms with Gasteiger partial charge in [-0.3, -0.25) is 24.0 Å². The largest absolute Gasteiger partial charge is 0.566 e. The van der Waals surface area contributed by atoms with Gasteiger partial charge in [0.05, 0.1) is 12.2 Å². The number of alkyl halides is 2. The Bertz CT molecular complexity index is 3110. The number of benzene rings is 3. The van der Waals surface area contributed by atoms with E-state index in [4.69, 9.17) is 23.5 Å². The van der Waals surface area contributed by atoms with Crippen molar-refractivity contribution < 1.29 is 75.6 Å². The molecule has 1 aliphatic heterocycles. The van der Waals surface area contributed by atoms with E-state index >= 15 is 8.78 Å². The molecule has 11 rings (SSSR count). The minimum Gasteiger partial charge on any atom is -0.566 e. The number of carbonyl (C=O) groups is 6. The summed E-state index contributed by atoms with van der Waals surface area (Å²) in [7, 11) is -3.43. The molecule has 3 aromatic carbocycles. The predicted molar refractivity (Wildman–Crippen MR) is 291 cm³/mol. The minimum absolute atomic E-state index is 0.0226. The number of nitrogens with one attached hydrogen (secondary N) is 3. The number of alkyl carbamates (subject to hydrolysis) is 1. The predicted octanol–water partition coefficient (Wildman–Crippen LogP) is 7.73. The Labute approximate surface area is 475 Å². The number of Topliss-reactive ketones (excluding diaryl/α,β-unsaturated/α-hetero) is 1. The summed E-state index contributed by atoms with van der Waals surface area (Å²) < 4.78 is 74.9. The smallest absolute Gasteiger partial charge is 0.488 e. The van der Waals surface area contributed by atoms with Crippen LogP contribution in [0.2, 0.25) is 0 Å². The average Bonchev–Trinajstić information content (AvgIpc) is 1.41. The first-order chi connectivity index (χ1) is 38.8. The van der Waals surface area contributed by atoms with Crippen molar-refractivity contribution in [1.82, 2.24) is 16.0 Å². The molecule has 1 spiro atoms. The summed E-state index contributed by atoms with van der Waals surface area (Å²) in [6.07, 6.45) is 0.669. The van der Waals surface area contributed by atoms with E-state index in [-0.39, 0.29) is 61.7 Å². The Balaban J connectivity index is 0.679. The van der Waals surface area contributed by atoms with Crippen LogP contribution in [0.25, 0.3) is 11.1 Å². The van der Waals surface area contributed by atoms with E-state index < -0.39 is 127 Å². The second-order valence-electron chi connectivity index (χ2n) is 25.6. The zero-order valence-electron chi connectivity index (χ0n) is 46.6. The van der Waals surface area contributed by atoms with Crippen LogP contribution in [0, 0.1) is 34.0 Å². The standard InChI is InChI=1S/C62H70F2N3O14P/c1-57(2,3)80-53(72)19-18-48(67-52(71)31-65-56(74)77-32-43-41-12-8-6-10-39(41)40-11-7-9-13-42(40)43)54(73)66-37-28-60(29-37)26-35(27-60)22-34-14-16-36(17-15-34)55-79-51-25-44-45-24-47(63)46-23-38(68)20-21-58(46,4)61(45,64)49(69)30-59(44,5)62(51,81-55)50(70)33-78-82(75)76/h6-17,20-21,23,35,37,43-45,47-49,51,55,69H,18-19,22,24-33H2,1-5H3,(H,65,74)(H,66,73)(H,67,71)/t35?,37?,44-,45-,47-,48-,49-,51+,55+,58-,59-,60?,61-,62+/m0/s1. The number of hydrogen-bond donors (Lipinski definition) is 4. The van der Waals surface area contributed by atoms with Gasteiger partial charge in [0.1, 0.15) is 31.0 Å². The number of aliphatic hydroxyl groups is 1. The zero-order valence-corrected chi connectivity index (χ0v) is 47.5. The summed E-state index contributed by atoms with van der Waals surface area (Å²) in [5, 5.41) is 20.2. The molecule has 3 amide bonds. The third-order valence-electron chi connectivity index (χ3n) is 19.5. The molecule has 0 aromatic heterocycles. The summed E-state index contributed by atoms with van der Waals surface area (Å²) >= 11 is 0. The number of aliphatic hydroxyl groups excluding tert-OH is 1. The van der Waals surface area contributed by atoms with E-state index in [1.54, 1.807) is 27.7 Å². The van der Waals surface area contributed by atoms with Crippen molar-refractivity contribution in [1.29, 1.82) is 0 Å². The summed E-state index contributed by atoms with van der Waals surface area (Å²) in [6.45, 7) is 7.13. The lowest BCUT2D eigenvalue weighted by molar-refractivity contribution is -0.235. The number of esters is 1. The normalized spacial score (nSPS) is 34.3. The molecule has 4 N–H and O–H groups in total. The van der Waals surface area contributed by atoms with Crippen molar-refractivity contribution in [2.45, 2.75) is 158 Å². The summed E-state index contributed by atoms with van der Waals surface area (Å²) in [5.74, 6) is -4.49. The number of allylic oxidation sites excluding steroid dienone is 4. The Morgan fingerprint density at radius 1 is 0.915 bits per heavy atom. The third kappa shape index (κ3) is 10.1. The highest BCUT2D eigenvalue weighted by atomic mass is 31.1.